The molecule has 1 aromatic heterocycles. The van der Waals surface area contributed by atoms with Crippen LogP contribution in [0, 0.1) is 0 Å². The topological polar surface area (TPSA) is 45.1 Å². The Kier molecular flexibility index (Phi) is 3.94. The number of hydrogen-bond donors (Lipinski definition) is 2. The van der Waals surface area contributed by atoms with E-state index < -0.39 is 12.3 Å². The number of piperidine rings is 1. The summed E-state index contributed by atoms with van der Waals surface area (Å²) in [7, 11) is 0. The van der Waals surface area contributed by atoms with Crippen molar-refractivity contribution in [1.29, 1.82) is 0 Å². The Balaban J connectivity index is 1.80. The maximum atomic E-state index is 13.4. The molecule has 1 aromatic carbocycles. The second-order valence-corrected chi connectivity index (χ2v) is 5.47. The molecule has 0 saturated carbocycles. The number of aliphatic hydroxyl groups excluding tert-OH is 1. The fraction of sp³-hybridized carbons (Fsp3) is 0.438. The molecule has 0 spiro atoms. The van der Waals surface area contributed by atoms with E-state index in [2.05, 4.69) is 10.3 Å². The lowest BCUT2D eigenvalue weighted by Gasteiger charge is -2.28. The SMILES string of the molecule is O[C@H](C[C@@H]1C[C@@H](F)CCN1)c1cccc2ccncc12. The van der Waals surface area contributed by atoms with Gasteiger partial charge in [0, 0.05) is 23.8 Å². The Labute approximate surface area is 117 Å². The largest absolute Gasteiger partial charge is 0.388 e. The van der Waals surface area contributed by atoms with E-state index in [1.165, 1.54) is 0 Å². The molecule has 4 heteroatoms. The number of hydrogen-bond acceptors (Lipinski definition) is 3. The molecule has 1 aliphatic rings. The number of fused-ring (bicyclic) bond motifs is 1. The maximum Gasteiger partial charge on any atom is 0.103 e. The average molecular weight is 274 g/mol. The lowest BCUT2D eigenvalue weighted by Crippen LogP contribution is -2.39. The summed E-state index contributed by atoms with van der Waals surface area (Å²) in [4.78, 5) is 4.13. The molecule has 2 N–H and O–H groups in total. The van der Waals surface area contributed by atoms with Crippen LogP contribution in [0.1, 0.15) is 30.9 Å². The van der Waals surface area contributed by atoms with E-state index in [1.54, 1.807) is 12.4 Å². The van der Waals surface area contributed by atoms with Gasteiger partial charge in [-0.25, -0.2) is 4.39 Å². The van der Waals surface area contributed by atoms with Crippen LogP contribution in [0.3, 0.4) is 0 Å². The van der Waals surface area contributed by atoms with Gasteiger partial charge < -0.3 is 10.4 Å². The summed E-state index contributed by atoms with van der Waals surface area (Å²) in [5, 5.41) is 15.8. The molecular formula is C16H19FN2O. The lowest BCUT2D eigenvalue weighted by molar-refractivity contribution is 0.129. The van der Waals surface area contributed by atoms with E-state index in [9.17, 15) is 9.50 Å². The van der Waals surface area contributed by atoms with Gasteiger partial charge in [0.15, 0.2) is 0 Å². The summed E-state index contributed by atoms with van der Waals surface area (Å²) >= 11 is 0. The first-order chi connectivity index (χ1) is 9.74. The molecule has 3 atom stereocenters. The molecule has 1 fully saturated rings. The van der Waals surface area contributed by atoms with Crippen LogP contribution in [0.15, 0.2) is 36.7 Å². The molecule has 0 bridgehead atoms. The predicted molar refractivity (Wildman–Crippen MR) is 77.2 cm³/mol. The third kappa shape index (κ3) is 2.81. The molecule has 3 rings (SSSR count). The molecule has 2 aromatic rings. The quantitative estimate of drug-likeness (QED) is 0.904. The second-order valence-electron chi connectivity index (χ2n) is 5.47. The summed E-state index contributed by atoms with van der Waals surface area (Å²) in [6.07, 6.45) is 3.78. The van der Waals surface area contributed by atoms with Crippen molar-refractivity contribution < 1.29 is 9.50 Å². The van der Waals surface area contributed by atoms with E-state index in [1.807, 2.05) is 24.3 Å². The highest BCUT2D eigenvalue weighted by molar-refractivity contribution is 5.85. The van der Waals surface area contributed by atoms with Crippen LogP contribution in [0.2, 0.25) is 0 Å². The fourth-order valence-corrected chi connectivity index (χ4v) is 2.96. The number of pyridine rings is 1. The first kappa shape index (κ1) is 13.5. The van der Waals surface area contributed by atoms with Gasteiger partial charge in [-0.3, -0.25) is 4.98 Å². The summed E-state index contributed by atoms with van der Waals surface area (Å²) in [6, 6.07) is 7.84. The fourth-order valence-electron chi connectivity index (χ4n) is 2.96. The van der Waals surface area contributed by atoms with Crippen LogP contribution < -0.4 is 5.32 Å². The van der Waals surface area contributed by atoms with Crippen LogP contribution in [-0.4, -0.2) is 28.8 Å². The number of aromatic nitrogens is 1. The van der Waals surface area contributed by atoms with E-state index in [4.69, 9.17) is 0 Å². The van der Waals surface area contributed by atoms with E-state index in [0.29, 0.717) is 25.8 Å². The Morgan fingerprint density at radius 3 is 3.15 bits per heavy atom. The van der Waals surface area contributed by atoms with Crippen LogP contribution in [0.4, 0.5) is 4.39 Å². The van der Waals surface area contributed by atoms with Crippen molar-refractivity contribution in [3.63, 3.8) is 0 Å². The maximum absolute atomic E-state index is 13.4. The predicted octanol–water partition coefficient (Wildman–Crippen LogP) is 2.75. The number of nitrogens with zero attached hydrogens (tertiary/aromatic N) is 1. The summed E-state index contributed by atoms with van der Waals surface area (Å²) in [5.41, 5.74) is 0.874. The monoisotopic (exact) mass is 274 g/mol. The van der Waals surface area contributed by atoms with Gasteiger partial charge in [-0.1, -0.05) is 18.2 Å². The number of nitrogens with one attached hydrogen (secondary N) is 1. The highest BCUT2D eigenvalue weighted by Crippen LogP contribution is 2.28. The van der Waals surface area contributed by atoms with Gasteiger partial charge in [0.1, 0.15) is 6.17 Å². The Hall–Kier alpha value is -1.52. The number of halogens is 1. The first-order valence-corrected chi connectivity index (χ1v) is 7.12. The van der Waals surface area contributed by atoms with E-state index in [0.717, 1.165) is 16.3 Å². The lowest BCUT2D eigenvalue weighted by atomic mass is 9.93. The van der Waals surface area contributed by atoms with Crippen molar-refractivity contribution in [1.82, 2.24) is 10.3 Å². The van der Waals surface area contributed by atoms with Gasteiger partial charge in [0.25, 0.3) is 0 Å². The zero-order chi connectivity index (χ0) is 13.9. The molecule has 0 amide bonds. The average Bonchev–Trinajstić information content (AvgIpc) is 2.46. The van der Waals surface area contributed by atoms with Crippen molar-refractivity contribution in [3.8, 4) is 0 Å². The van der Waals surface area contributed by atoms with Gasteiger partial charge in [0.2, 0.25) is 0 Å². The minimum atomic E-state index is -0.748. The molecule has 0 aliphatic carbocycles. The molecule has 1 saturated heterocycles. The van der Waals surface area contributed by atoms with Crippen molar-refractivity contribution >= 4 is 10.8 Å². The van der Waals surface area contributed by atoms with E-state index in [-0.39, 0.29) is 6.04 Å². The number of benzene rings is 1. The molecule has 0 radical (unpaired) electrons. The van der Waals surface area contributed by atoms with Gasteiger partial charge >= 0.3 is 0 Å². The van der Waals surface area contributed by atoms with Crippen molar-refractivity contribution in [3.05, 3.63) is 42.2 Å². The summed E-state index contributed by atoms with van der Waals surface area (Å²) < 4.78 is 13.4. The molecule has 20 heavy (non-hydrogen) atoms. The van der Waals surface area contributed by atoms with Gasteiger partial charge in [-0.15, -0.1) is 0 Å². The van der Waals surface area contributed by atoms with Crippen LogP contribution in [-0.2, 0) is 0 Å². The standard InChI is InChI=1S/C16H19FN2O/c17-12-5-7-19-13(8-12)9-16(20)14-3-1-2-11-4-6-18-10-15(11)14/h1-4,6,10,12-13,16,19-20H,5,7-9H2/t12-,13-,16+/m0/s1. The van der Waals surface area contributed by atoms with Gasteiger partial charge in [-0.05, 0) is 42.8 Å². The molecule has 0 unspecified atom stereocenters. The Bertz CT molecular complexity index is 584. The minimum absolute atomic E-state index is 0.0423. The number of aliphatic hydroxyl groups is 1. The third-order valence-corrected chi connectivity index (χ3v) is 4.02. The van der Waals surface area contributed by atoms with Crippen LogP contribution in [0.25, 0.3) is 10.8 Å². The van der Waals surface area contributed by atoms with E-state index >= 15 is 0 Å². The smallest absolute Gasteiger partial charge is 0.103 e. The van der Waals surface area contributed by atoms with Crippen molar-refractivity contribution in [2.45, 2.75) is 37.6 Å². The van der Waals surface area contributed by atoms with Crippen molar-refractivity contribution in [2.75, 3.05) is 6.54 Å². The van der Waals surface area contributed by atoms with Gasteiger partial charge in [-0.2, -0.15) is 0 Å². The zero-order valence-electron chi connectivity index (χ0n) is 11.3. The summed E-state index contributed by atoms with van der Waals surface area (Å²) in [6.45, 7) is 0.690. The third-order valence-electron chi connectivity index (χ3n) is 4.02. The highest BCUT2D eigenvalue weighted by atomic mass is 19.1. The Morgan fingerprint density at radius 2 is 2.30 bits per heavy atom. The highest BCUT2D eigenvalue weighted by Gasteiger charge is 2.24. The van der Waals surface area contributed by atoms with Crippen LogP contribution in [0.5, 0.6) is 0 Å². The molecule has 1 aliphatic heterocycles. The number of rotatable bonds is 3. The molecule has 2 heterocycles. The molecule has 106 valence electrons. The first-order valence-electron chi connectivity index (χ1n) is 7.12. The minimum Gasteiger partial charge on any atom is -0.388 e. The molecular weight excluding hydrogens is 255 g/mol. The molecule has 3 nitrogen and oxygen atoms in total. The van der Waals surface area contributed by atoms with Crippen molar-refractivity contribution in [2.24, 2.45) is 0 Å². The Morgan fingerprint density at radius 1 is 1.40 bits per heavy atom. The second kappa shape index (κ2) is 5.85. The van der Waals surface area contributed by atoms with Crippen LogP contribution >= 0.6 is 0 Å². The normalized spacial score (nSPS) is 24.7. The zero-order valence-corrected chi connectivity index (χ0v) is 11.3. The number of alkyl halides is 1. The van der Waals surface area contributed by atoms with Gasteiger partial charge in [0.05, 0.1) is 6.10 Å². The summed E-state index contributed by atoms with van der Waals surface area (Å²) in [5.74, 6) is 0.